The second kappa shape index (κ2) is 7.34. The van der Waals surface area contributed by atoms with Crippen molar-refractivity contribution in [2.45, 2.75) is 46.2 Å². The Labute approximate surface area is 122 Å². The van der Waals surface area contributed by atoms with E-state index in [0.29, 0.717) is 16.4 Å². The highest BCUT2D eigenvalue weighted by Crippen LogP contribution is 2.19. The quantitative estimate of drug-likeness (QED) is 0.818. The van der Waals surface area contributed by atoms with Crippen molar-refractivity contribution in [1.29, 1.82) is 0 Å². The van der Waals surface area contributed by atoms with Crippen LogP contribution in [0.2, 0.25) is 0 Å². The summed E-state index contributed by atoms with van der Waals surface area (Å²) >= 11 is 3.31. The molecule has 4 nitrogen and oxygen atoms in total. The third-order valence-corrected chi connectivity index (χ3v) is 3.57. The van der Waals surface area contributed by atoms with Crippen LogP contribution in [0.5, 0.6) is 0 Å². The summed E-state index contributed by atoms with van der Waals surface area (Å²) in [4.78, 5) is 11.9. The van der Waals surface area contributed by atoms with E-state index in [2.05, 4.69) is 53.0 Å². The molecule has 5 heteroatoms. The minimum absolute atomic E-state index is 0.181. The van der Waals surface area contributed by atoms with E-state index < -0.39 is 0 Å². The maximum Gasteiger partial charge on any atom is 0.284 e. The fourth-order valence-corrected chi connectivity index (χ4v) is 2.11. The summed E-state index contributed by atoms with van der Waals surface area (Å²) < 4.78 is 1.74. The number of hydrogen-bond acceptors (Lipinski definition) is 3. The molecule has 104 valence electrons. The standard InChI is InChI=1S/C14H20BrN3O/c1-5-8-18-14(19)13(15)12(9-16-18)17-11(4)7-6-10(2)3/h1,9-11,17H,6-8H2,2-4H3. The van der Waals surface area contributed by atoms with Gasteiger partial charge in [0.2, 0.25) is 0 Å². The van der Waals surface area contributed by atoms with Gasteiger partial charge in [0, 0.05) is 6.04 Å². The summed E-state index contributed by atoms with van der Waals surface area (Å²) in [5.41, 5.74) is 0.508. The molecule has 1 heterocycles. The molecule has 0 aliphatic rings. The highest BCUT2D eigenvalue weighted by Gasteiger charge is 2.11. The van der Waals surface area contributed by atoms with Gasteiger partial charge in [-0.15, -0.1) is 6.42 Å². The molecule has 0 aliphatic carbocycles. The largest absolute Gasteiger partial charge is 0.380 e. The molecule has 0 spiro atoms. The third kappa shape index (κ3) is 4.71. The van der Waals surface area contributed by atoms with Crippen molar-refractivity contribution in [3.05, 3.63) is 21.0 Å². The van der Waals surface area contributed by atoms with Crippen molar-refractivity contribution in [2.75, 3.05) is 5.32 Å². The van der Waals surface area contributed by atoms with E-state index in [1.54, 1.807) is 6.20 Å². The number of hydrogen-bond donors (Lipinski definition) is 1. The van der Waals surface area contributed by atoms with E-state index in [1.807, 2.05) is 0 Å². The highest BCUT2D eigenvalue weighted by molar-refractivity contribution is 9.10. The van der Waals surface area contributed by atoms with Crippen LogP contribution in [-0.2, 0) is 6.54 Å². The second-order valence-electron chi connectivity index (χ2n) is 5.06. The Morgan fingerprint density at radius 2 is 2.16 bits per heavy atom. The zero-order chi connectivity index (χ0) is 14.4. The Hall–Kier alpha value is -1.28. The maximum absolute atomic E-state index is 11.9. The molecule has 1 N–H and O–H groups in total. The SMILES string of the molecule is C#CCn1ncc(NC(C)CCC(C)C)c(Br)c1=O. The zero-order valence-corrected chi connectivity index (χ0v) is 13.2. The van der Waals surface area contributed by atoms with Crippen molar-refractivity contribution >= 4 is 21.6 Å². The first-order valence-electron chi connectivity index (χ1n) is 6.41. The van der Waals surface area contributed by atoms with Gasteiger partial charge in [-0.25, -0.2) is 4.68 Å². The normalized spacial score (nSPS) is 12.2. The van der Waals surface area contributed by atoms with Gasteiger partial charge >= 0.3 is 0 Å². The lowest BCUT2D eigenvalue weighted by molar-refractivity contribution is 0.527. The van der Waals surface area contributed by atoms with Crippen LogP contribution in [0.15, 0.2) is 15.5 Å². The number of terminal acetylenes is 1. The molecule has 1 rings (SSSR count). The Kier molecular flexibility index (Phi) is 6.10. The number of rotatable bonds is 6. The van der Waals surface area contributed by atoms with Gasteiger partial charge in [0.1, 0.15) is 11.0 Å². The van der Waals surface area contributed by atoms with Crippen molar-refractivity contribution in [2.24, 2.45) is 5.92 Å². The topological polar surface area (TPSA) is 46.9 Å². The molecule has 0 bridgehead atoms. The molecule has 0 saturated heterocycles. The average molecular weight is 326 g/mol. The fourth-order valence-electron chi connectivity index (χ4n) is 1.69. The molecule has 0 saturated carbocycles. The van der Waals surface area contributed by atoms with Gasteiger partial charge in [0.15, 0.2) is 0 Å². The molecule has 1 atom stereocenters. The smallest absolute Gasteiger partial charge is 0.284 e. The van der Waals surface area contributed by atoms with Gasteiger partial charge in [-0.2, -0.15) is 5.10 Å². The van der Waals surface area contributed by atoms with E-state index in [1.165, 1.54) is 4.68 Å². The zero-order valence-electron chi connectivity index (χ0n) is 11.6. The van der Waals surface area contributed by atoms with Crippen molar-refractivity contribution in [3.63, 3.8) is 0 Å². The summed E-state index contributed by atoms with van der Waals surface area (Å²) in [6.45, 7) is 6.68. The van der Waals surface area contributed by atoms with Crippen molar-refractivity contribution in [3.8, 4) is 12.3 Å². The number of nitrogens with zero attached hydrogens (tertiary/aromatic N) is 2. The molecule has 0 amide bonds. The maximum atomic E-state index is 11.9. The third-order valence-electron chi connectivity index (χ3n) is 2.80. The van der Waals surface area contributed by atoms with Gasteiger partial charge in [-0.05, 0) is 41.6 Å². The lowest BCUT2D eigenvalue weighted by Crippen LogP contribution is -2.26. The van der Waals surface area contributed by atoms with Crippen LogP contribution < -0.4 is 10.9 Å². The summed E-state index contributed by atoms with van der Waals surface area (Å²) in [6.07, 6.45) is 9.02. The molecule has 1 aromatic heterocycles. The summed E-state index contributed by atoms with van der Waals surface area (Å²) in [5, 5.41) is 7.35. The Bertz CT molecular complexity index is 516. The van der Waals surface area contributed by atoms with Crippen LogP contribution in [0.25, 0.3) is 0 Å². The van der Waals surface area contributed by atoms with E-state index >= 15 is 0 Å². The molecule has 0 aliphatic heterocycles. The van der Waals surface area contributed by atoms with E-state index in [9.17, 15) is 4.79 Å². The number of halogens is 1. The molecule has 1 unspecified atom stereocenters. The number of nitrogens with one attached hydrogen (secondary N) is 1. The van der Waals surface area contributed by atoms with Gasteiger partial charge < -0.3 is 5.32 Å². The number of anilines is 1. The second-order valence-corrected chi connectivity index (χ2v) is 5.85. The number of aromatic nitrogens is 2. The average Bonchev–Trinajstić information content (AvgIpc) is 2.36. The Morgan fingerprint density at radius 3 is 2.74 bits per heavy atom. The van der Waals surface area contributed by atoms with E-state index in [4.69, 9.17) is 6.42 Å². The fraction of sp³-hybridized carbons (Fsp3) is 0.571. The highest BCUT2D eigenvalue weighted by atomic mass is 79.9. The van der Waals surface area contributed by atoms with Gasteiger partial charge in [-0.3, -0.25) is 4.79 Å². The van der Waals surface area contributed by atoms with Crippen LogP contribution in [0, 0.1) is 18.3 Å². The van der Waals surface area contributed by atoms with Gasteiger partial charge in [0.25, 0.3) is 5.56 Å². The first-order chi connectivity index (χ1) is 8.95. The van der Waals surface area contributed by atoms with Crippen molar-refractivity contribution in [1.82, 2.24) is 9.78 Å². The van der Waals surface area contributed by atoms with Gasteiger partial charge in [0.05, 0.1) is 11.9 Å². The lowest BCUT2D eigenvalue weighted by Gasteiger charge is -2.17. The minimum atomic E-state index is -0.209. The van der Waals surface area contributed by atoms with E-state index in [0.717, 1.165) is 18.5 Å². The molecular weight excluding hydrogens is 306 g/mol. The first-order valence-corrected chi connectivity index (χ1v) is 7.20. The van der Waals surface area contributed by atoms with Crippen LogP contribution in [0.3, 0.4) is 0 Å². The summed E-state index contributed by atoms with van der Waals surface area (Å²) in [5.74, 6) is 3.08. The Morgan fingerprint density at radius 1 is 1.47 bits per heavy atom. The first kappa shape index (κ1) is 15.8. The van der Waals surface area contributed by atoms with Gasteiger partial charge in [-0.1, -0.05) is 19.8 Å². The van der Waals surface area contributed by atoms with Crippen LogP contribution in [0.4, 0.5) is 5.69 Å². The molecular formula is C14H20BrN3O. The van der Waals surface area contributed by atoms with Crippen LogP contribution in [-0.4, -0.2) is 15.8 Å². The summed E-state index contributed by atoms with van der Waals surface area (Å²) in [6, 6.07) is 0.295. The lowest BCUT2D eigenvalue weighted by atomic mass is 10.0. The van der Waals surface area contributed by atoms with Crippen LogP contribution >= 0.6 is 15.9 Å². The molecule has 1 aromatic rings. The molecule has 19 heavy (non-hydrogen) atoms. The van der Waals surface area contributed by atoms with Crippen molar-refractivity contribution < 1.29 is 0 Å². The van der Waals surface area contributed by atoms with Crippen LogP contribution in [0.1, 0.15) is 33.6 Å². The van der Waals surface area contributed by atoms with E-state index in [-0.39, 0.29) is 12.1 Å². The molecule has 0 radical (unpaired) electrons. The predicted molar refractivity (Wildman–Crippen MR) is 82.2 cm³/mol. The molecule has 0 aromatic carbocycles. The molecule has 0 fully saturated rings. The predicted octanol–water partition coefficient (Wildman–Crippen LogP) is 2.88. The summed E-state index contributed by atoms with van der Waals surface area (Å²) in [7, 11) is 0. The monoisotopic (exact) mass is 325 g/mol. The minimum Gasteiger partial charge on any atom is -0.380 e. The Balaban J connectivity index is 2.78.